The van der Waals surface area contributed by atoms with Crippen molar-refractivity contribution >= 4 is 11.9 Å². The van der Waals surface area contributed by atoms with Gasteiger partial charge in [0, 0.05) is 13.2 Å². The molecule has 1 saturated heterocycles. The maximum absolute atomic E-state index is 11.8. The largest absolute Gasteiger partial charge is 0.481 e. The van der Waals surface area contributed by atoms with Gasteiger partial charge in [-0.15, -0.1) is 0 Å². The first-order valence-corrected chi connectivity index (χ1v) is 6.35. The van der Waals surface area contributed by atoms with Crippen molar-refractivity contribution in [1.29, 1.82) is 0 Å². The number of benzene rings is 1. The summed E-state index contributed by atoms with van der Waals surface area (Å²) in [5.41, 5.74) is 0.683. The Bertz CT molecular complexity index is 440. The van der Waals surface area contributed by atoms with Gasteiger partial charge in [0.1, 0.15) is 6.10 Å². The number of hydrogen-bond acceptors (Lipinski definition) is 3. The number of amides is 1. The highest BCUT2D eigenvalue weighted by Crippen LogP contribution is 2.16. The Morgan fingerprint density at radius 1 is 1.37 bits per heavy atom. The second kappa shape index (κ2) is 6.33. The molecule has 1 aliphatic heterocycles. The molecule has 1 amide bonds. The second-order valence-electron chi connectivity index (χ2n) is 4.55. The average Bonchev–Trinajstić information content (AvgIpc) is 2.93. The van der Waals surface area contributed by atoms with Crippen molar-refractivity contribution < 1.29 is 19.4 Å². The van der Waals surface area contributed by atoms with Crippen LogP contribution in [-0.2, 0) is 14.3 Å². The molecule has 0 aliphatic carbocycles. The van der Waals surface area contributed by atoms with Crippen molar-refractivity contribution in [3.63, 3.8) is 0 Å². The van der Waals surface area contributed by atoms with Gasteiger partial charge < -0.3 is 15.2 Å². The van der Waals surface area contributed by atoms with E-state index in [1.165, 1.54) is 0 Å². The molecule has 0 bridgehead atoms. The van der Waals surface area contributed by atoms with Crippen LogP contribution in [0.1, 0.15) is 24.3 Å². The van der Waals surface area contributed by atoms with Gasteiger partial charge >= 0.3 is 5.97 Å². The van der Waals surface area contributed by atoms with E-state index in [0.29, 0.717) is 18.6 Å². The summed E-state index contributed by atoms with van der Waals surface area (Å²) in [6, 6.07) is 8.89. The van der Waals surface area contributed by atoms with Crippen LogP contribution in [0, 0.1) is 0 Å². The molecule has 5 heteroatoms. The number of carbonyl (C=O) groups excluding carboxylic acids is 1. The van der Waals surface area contributed by atoms with Gasteiger partial charge in [-0.1, -0.05) is 30.3 Å². The summed E-state index contributed by atoms with van der Waals surface area (Å²) in [5.74, 6) is -1.90. The lowest BCUT2D eigenvalue weighted by atomic mass is 9.99. The number of nitrogens with one attached hydrogen (secondary N) is 1. The predicted molar refractivity (Wildman–Crippen MR) is 68.8 cm³/mol. The lowest BCUT2D eigenvalue weighted by Crippen LogP contribution is -2.38. The number of carboxylic acid groups (broad SMARTS) is 1. The Morgan fingerprint density at radius 2 is 2.11 bits per heavy atom. The summed E-state index contributed by atoms with van der Waals surface area (Å²) in [7, 11) is 0. The minimum atomic E-state index is -0.946. The van der Waals surface area contributed by atoms with E-state index in [-0.39, 0.29) is 12.5 Å². The third-order valence-corrected chi connectivity index (χ3v) is 3.20. The summed E-state index contributed by atoms with van der Waals surface area (Å²) >= 11 is 0. The third kappa shape index (κ3) is 3.54. The Hall–Kier alpha value is -1.88. The second-order valence-corrected chi connectivity index (χ2v) is 4.55. The van der Waals surface area contributed by atoms with Crippen LogP contribution in [-0.4, -0.2) is 36.2 Å². The van der Waals surface area contributed by atoms with Crippen molar-refractivity contribution in [2.24, 2.45) is 0 Å². The zero-order valence-corrected chi connectivity index (χ0v) is 10.5. The summed E-state index contributed by atoms with van der Waals surface area (Å²) in [5, 5.41) is 11.9. The van der Waals surface area contributed by atoms with Gasteiger partial charge in [-0.25, -0.2) is 0 Å². The Labute approximate surface area is 111 Å². The summed E-state index contributed by atoms with van der Waals surface area (Å²) < 4.78 is 5.25. The lowest BCUT2D eigenvalue weighted by molar-refractivity contribution is -0.139. The third-order valence-electron chi connectivity index (χ3n) is 3.20. The van der Waals surface area contributed by atoms with Crippen molar-refractivity contribution in [3.8, 4) is 0 Å². The van der Waals surface area contributed by atoms with Gasteiger partial charge in [0.05, 0.1) is 5.92 Å². The topological polar surface area (TPSA) is 75.6 Å². The molecule has 2 rings (SSSR count). The molecule has 5 nitrogen and oxygen atoms in total. The highest BCUT2D eigenvalue weighted by Gasteiger charge is 2.26. The van der Waals surface area contributed by atoms with Crippen LogP contribution in [0.3, 0.4) is 0 Å². The maximum atomic E-state index is 11.8. The molecule has 0 aromatic heterocycles. The molecule has 1 aromatic rings. The zero-order chi connectivity index (χ0) is 13.7. The molecule has 1 aromatic carbocycles. The van der Waals surface area contributed by atoms with Crippen molar-refractivity contribution in [1.82, 2.24) is 5.32 Å². The number of aliphatic carboxylic acids is 1. The molecular weight excluding hydrogens is 246 g/mol. The fraction of sp³-hybridized carbons (Fsp3) is 0.429. The molecule has 1 aliphatic rings. The van der Waals surface area contributed by atoms with Crippen LogP contribution >= 0.6 is 0 Å². The molecule has 102 valence electrons. The SMILES string of the molecule is O=C(O)C(CNC(=O)[C@H]1CCCO1)c1ccccc1. The Morgan fingerprint density at radius 3 is 2.68 bits per heavy atom. The minimum Gasteiger partial charge on any atom is -0.481 e. The fourth-order valence-corrected chi connectivity index (χ4v) is 2.13. The monoisotopic (exact) mass is 263 g/mol. The van der Waals surface area contributed by atoms with Gasteiger partial charge in [-0.3, -0.25) is 9.59 Å². The normalized spacial score (nSPS) is 19.9. The number of carboxylic acids is 1. The summed E-state index contributed by atoms with van der Waals surface area (Å²) in [4.78, 5) is 23.0. The first-order valence-electron chi connectivity index (χ1n) is 6.35. The minimum absolute atomic E-state index is 0.0814. The van der Waals surface area contributed by atoms with E-state index in [9.17, 15) is 14.7 Å². The van der Waals surface area contributed by atoms with Crippen molar-refractivity contribution in [2.45, 2.75) is 24.9 Å². The van der Waals surface area contributed by atoms with Crippen molar-refractivity contribution in [3.05, 3.63) is 35.9 Å². The molecule has 1 heterocycles. The van der Waals surface area contributed by atoms with E-state index in [1.807, 2.05) is 6.07 Å². The molecular formula is C14H17NO4. The standard InChI is InChI=1S/C14H17NO4/c16-13(12-7-4-8-19-12)15-9-11(14(17)18)10-5-2-1-3-6-10/h1-3,5-6,11-12H,4,7-9H2,(H,15,16)(H,17,18)/t11?,12-/m1/s1. The van der Waals surface area contributed by atoms with Crippen LogP contribution in [0.25, 0.3) is 0 Å². The average molecular weight is 263 g/mol. The van der Waals surface area contributed by atoms with E-state index in [4.69, 9.17) is 4.74 Å². The zero-order valence-electron chi connectivity index (χ0n) is 10.5. The number of hydrogen-bond donors (Lipinski definition) is 2. The van der Waals surface area contributed by atoms with Crippen LogP contribution < -0.4 is 5.32 Å². The van der Waals surface area contributed by atoms with E-state index in [0.717, 1.165) is 6.42 Å². The van der Waals surface area contributed by atoms with E-state index in [1.54, 1.807) is 24.3 Å². The van der Waals surface area contributed by atoms with Gasteiger partial charge in [0.25, 0.3) is 0 Å². The van der Waals surface area contributed by atoms with Gasteiger partial charge in [0.2, 0.25) is 5.91 Å². The number of ether oxygens (including phenoxy) is 1. The molecule has 19 heavy (non-hydrogen) atoms. The molecule has 0 spiro atoms. The Balaban J connectivity index is 1.94. The first-order chi connectivity index (χ1) is 9.18. The van der Waals surface area contributed by atoms with Gasteiger partial charge in [-0.05, 0) is 18.4 Å². The van der Waals surface area contributed by atoms with Crippen molar-refractivity contribution in [2.75, 3.05) is 13.2 Å². The van der Waals surface area contributed by atoms with Crippen LogP contribution in [0.2, 0.25) is 0 Å². The summed E-state index contributed by atoms with van der Waals surface area (Å²) in [6.45, 7) is 0.678. The quantitative estimate of drug-likeness (QED) is 0.835. The van der Waals surface area contributed by atoms with E-state index < -0.39 is 18.0 Å². The summed E-state index contributed by atoms with van der Waals surface area (Å²) in [6.07, 6.45) is 1.15. The first kappa shape index (κ1) is 13.5. The smallest absolute Gasteiger partial charge is 0.312 e. The van der Waals surface area contributed by atoms with Gasteiger partial charge in [0.15, 0.2) is 0 Å². The number of carbonyl (C=O) groups is 2. The highest BCUT2D eigenvalue weighted by molar-refractivity contribution is 5.82. The van der Waals surface area contributed by atoms with Crippen LogP contribution in [0.5, 0.6) is 0 Å². The van der Waals surface area contributed by atoms with Gasteiger partial charge in [-0.2, -0.15) is 0 Å². The van der Waals surface area contributed by atoms with Crippen LogP contribution in [0.15, 0.2) is 30.3 Å². The molecule has 1 unspecified atom stereocenters. The van der Waals surface area contributed by atoms with E-state index in [2.05, 4.69) is 5.32 Å². The predicted octanol–water partition coefficient (Wildman–Crippen LogP) is 1.15. The molecule has 0 radical (unpaired) electrons. The van der Waals surface area contributed by atoms with Crippen LogP contribution in [0.4, 0.5) is 0 Å². The molecule has 2 N–H and O–H groups in total. The molecule has 0 saturated carbocycles. The highest BCUT2D eigenvalue weighted by atomic mass is 16.5. The molecule has 1 fully saturated rings. The fourth-order valence-electron chi connectivity index (χ4n) is 2.13. The Kier molecular flexibility index (Phi) is 4.52. The lowest BCUT2D eigenvalue weighted by Gasteiger charge is -2.15. The molecule has 2 atom stereocenters. The maximum Gasteiger partial charge on any atom is 0.312 e. The van der Waals surface area contributed by atoms with E-state index >= 15 is 0 Å². The number of rotatable bonds is 5.